The second-order valence-corrected chi connectivity index (χ2v) is 6.81. The van der Waals surface area contributed by atoms with Gasteiger partial charge in [-0.25, -0.2) is 17.6 Å². The normalized spacial score (nSPS) is 14.5. The molecule has 1 saturated heterocycles. The lowest BCUT2D eigenvalue weighted by molar-refractivity contribution is -0.137. The number of hydrogen-bond donors (Lipinski definition) is 1. The van der Waals surface area contributed by atoms with Gasteiger partial charge in [0.05, 0.1) is 19.8 Å². The summed E-state index contributed by atoms with van der Waals surface area (Å²) in [6, 6.07) is 3.73. The van der Waals surface area contributed by atoms with E-state index in [4.69, 9.17) is 19.3 Å². The van der Waals surface area contributed by atoms with Crippen LogP contribution in [0.3, 0.4) is 0 Å². The van der Waals surface area contributed by atoms with Crippen LogP contribution in [0.2, 0.25) is 0 Å². The quantitative estimate of drug-likeness (QED) is 0.487. The first-order valence-electron chi connectivity index (χ1n) is 9.42. The number of ether oxygens (including phenoxy) is 3. The van der Waals surface area contributed by atoms with E-state index in [2.05, 4.69) is 0 Å². The van der Waals surface area contributed by atoms with Crippen LogP contribution in [0.4, 0.5) is 17.6 Å². The van der Waals surface area contributed by atoms with Gasteiger partial charge in [0.1, 0.15) is 11.9 Å². The number of rotatable bonds is 8. The van der Waals surface area contributed by atoms with Gasteiger partial charge in [-0.1, -0.05) is 0 Å². The van der Waals surface area contributed by atoms with Gasteiger partial charge in [0.2, 0.25) is 0 Å². The third-order valence-electron chi connectivity index (χ3n) is 4.56. The number of halogens is 4. The lowest BCUT2D eigenvalue weighted by Crippen LogP contribution is -2.25. The number of carboxylic acid groups (broad SMARTS) is 1. The molecule has 0 saturated carbocycles. The summed E-state index contributed by atoms with van der Waals surface area (Å²) in [6.07, 6.45) is 0.788. The van der Waals surface area contributed by atoms with Gasteiger partial charge in [-0.05, 0) is 30.2 Å². The summed E-state index contributed by atoms with van der Waals surface area (Å²) in [7, 11) is 0. The van der Waals surface area contributed by atoms with Crippen molar-refractivity contribution in [1.29, 1.82) is 0 Å². The van der Waals surface area contributed by atoms with Crippen LogP contribution in [-0.4, -0.2) is 37.0 Å². The highest BCUT2D eigenvalue weighted by molar-refractivity contribution is 5.67. The largest absolute Gasteiger partial charge is 0.490 e. The Balaban J connectivity index is 1.82. The van der Waals surface area contributed by atoms with Gasteiger partial charge >= 0.3 is 5.97 Å². The van der Waals surface area contributed by atoms with E-state index in [1.54, 1.807) is 0 Å². The molecule has 1 aliphatic rings. The predicted molar refractivity (Wildman–Crippen MR) is 98.5 cm³/mol. The fourth-order valence-electron chi connectivity index (χ4n) is 3.08. The number of hydrogen-bond acceptors (Lipinski definition) is 4. The first-order valence-corrected chi connectivity index (χ1v) is 9.42. The van der Waals surface area contributed by atoms with E-state index >= 15 is 0 Å². The van der Waals surface area contributed by atoms with E-state index in [0.717, 1.165) is 18.2 Å². The van der Waals surface area contributed by atoms with Gasteiger partial charge in [-0.2, -0.15) is 0 Å². The van der Waals surface area contributed by atoms with Crippen LogP contribution in [-0.2, 0) is 9.53 Å². The molecule has 2 aromatic rings. The first-order chi connectivity index (χ1) is 14.3. The van der Waals surface area contributed by atoms with Crippen LogP contribution in [0.25, 0.3) is 11.1 Å². The molecule has 0 aromatic heterocycles. The van der Waals surface area contributed by atoms with E-state index < -0.39 is 35.0 Å². The molecular formula is C21H20F4O5. The smallest absolute Gasteiger partial charge is 0.303 e. The van der Waals surface area contributed by atoms with Crippen LogP contribution in [0.5, 0.6) is 11.5 Å². The summed E-state index contributed by atoms with van der Waals surface area (Å²) >= 11 is 0. The van der Waals surface area contributed by atoms with Gasteiger partial charge < -0.3 is 19.3 Å². The summed E-state index contributed by atoms with van der Waals surface area (Å²) in [5.74, 6) is -6.42. The third-order valence-corrected chi connectivity index (χ3v) is 4.56. The minimum atomic E-state index is -1.26. The molecule has 30 heavy (non-hydrogen) atoms. The zero-order chi connectivity index (χ0) is 21.7. The number of carbonyl (C=O) groups is 1. The van der Waals surface area contributed by atoms with Crippen molar-refractivity contribution >= 4 is 5.97 Å². The third kappa shape index (κ3) is 5.41. The molecule has 0 radical (unpaired) electrons. The van der Waals surface area contributed by atoms with Gasteiger partial charge in [-0.15, -0.1) is 0 Å². The van der Waals surface area contributed by atoms with Crippen LogP contribution < -0.4 is 9.47 Å². The number of benzene rings is 2. The predicted octanol–water partition coefficient (Wildman–Crippen LogP) is 4.71. The summed E-state index contributed by atoms with van der Waals surface area (Å²) < 4.78 is 73.0. The molecule has 162 valence electrons. The molecule has 3 rings (SSSR count). The van der Waals surface area contributed by atoms with E-state index in [-0.39, 0.29) is 42.4 Å². The highest BCUT2D eigenvalue weighted by Crippen LogP contribution is 2.34. The minimum Gasteiger partial charge on any atom is -0.490 e. The molecular weight excluding hydrogens is 408 g/mol. The Hall–Kier alpha value is -2.81. The van der Waals surface area contributed by atoms with Gasteiger partial charge in [0.25, 0.3) is 0 Å². The van der Waals surface area contributed by atoms with Crippen LogP contribution in [0.15, 0.2) is 24.3 Å². The molecule has 0 atom stereocenters. The maximum Gasteiger partial charge on any atom is 0.303 e. The Labute approximate surface area is 170 Å². The molecule has 0 aliphatic carbocycles. The SMILES string of the molecule is O=C(O)CCCOc1c(F)cc(-c2cc(OC3CCOCC3)cc(F)c2F)cc1F. The summed E-state index contributed by atoms with van der Waals surface area (Å²) in [5, 5.41) is 8.57. The van der Waals surface area contributed by atoms with Crippen molar-refractivity contribution < 1.29 is 41.7 Å². The zero-order valence-electron chi connectivity index (χ0n) is 15.9. The summed E-state index contributed by atoms with van der Waals surface area (Å²) in [6.45, 7) is 0.772. The lowest BCUT2D eigenvalue weighted by atomic mass is 10.0. The molecule has 1 heterocycles. The molecule has 5 nitrogen and oxygen atoms in total. The standard InChI is InChI=1S/C21H20F4O5/c22-16-11-14(30-13-3-6-28-7-4-13)10-15(20(16)25)12-8-17(23)21(18(24)9-12)29-5-1-2-19(26)27/h8-11,13H,1-7H2,(H,26,27). The van der Waals surface area contributed by atoms with Crippen molar-refractivity contribution in [1.82, 2.24) is 0 Å². The highest BCUT2D eigenvalue weighted by Gasteiger charge is 2.21. The minimum absolute atomic E-state index is 0.0469. The van der Waals surface area contributed by atoms with Crippen LogP contribution in [0, 0.1) is 23.3 Å². The highest BCUT2D eigenvalue weighted by atomic mass is 19.2. The topological polar surface area (TPSA) is 65.0 Å². The maximum atomic E-state index is 14.4. The Morgan fingerprint density at radius 1 is 1.03 bits per heavy atom. The zero-order valence-corrected chi connectivity index (χ0v) is 15.9. The van der Waals surface area contributed by atoms with Crippen molar-refractivity contribution in [2.75, 3.05) is 19.8 Å². The van der Waals surface area contributed by atoms with E-state index in [9.17, 15) is 22.4 Å². The molecule has 1 N–H and O–H groups in total. The summed E-state index contributed by atoms with van der Waals surface area (Å²) in [5.41, 5.74) is -0.580. The van der Waals surface area contributed by atoms with Crippen molar-refractivity contribution in [2.45, 2.75) is 31.8 Å². The monoisotopic (exact) mass is 428 g/mol. The second kappa shape index (κ2) is 9.80. The average Bonchev–Trinajstić information content (AvgIpc) is 2.70. The average molecular weight is 428 g/mol. The van der Waals surface area contributed by atoms with Crippen molar-refractivity contribution in [3.63, 3.8) is 0 Å². The molecule has 1 aliphatic heterocycles. The Morgan fingerprint density at radius 3 is 2.33 bits per heavy atom. The number of carboxylic acids is 1. The van der Waals surface area contributed by atoms with E-state index in [1.165, 1.54) is 6.07 Å². The molecule has 2 aromatic carbocycles. The molecule has 0 spiro atoms. The maximum absolute atomic E-state index is 14.4. The Kier molecular flexibility index (Phi) is 7.15. The van der Waals surface area contributed by atoms with Gasteiger partial charge in [-0.3, -0.25) is 4.79 Å². The van der Waals surface area contributed by atoms with Gasteiger partial charge in [0, 0.05) is 30.9 Å². The molecule has 0 bridgehead atoms. The van der Waals surface area contributed by atoms with Crippen molar-refractivity contribution in [2.24, 2.45) is 0 Å². The van der Waals surface area contributed by atoms with Gasteiger partial charge in [0.15, 0.2) is 29.0 Å². The Bertz CT molecular complexity index is 890. The molecule has 0 unspecified atom stereocenters. The van der Waals surface area contributed by atoms with Crippen LogP contribution >= 0.6 is 0 Å². The lowest BCUT2D eigenvalue weighted by Gasteiger charge is -2.23. The fourth-order valence-corrected chi connectivity index (χ4v) is 3.08. The van der Waals surface area contributed by atoms with Crippen molar-refractivity contribution in [3.8, 4) is 22.6 Å². The molecule has 1 fully saturated rings. The van der Waals surface area contributed by atoms with E-state index in [0.29, 0.717) is 26.1 Å². The second-order valence-electron chi connectivity index (χ2n) is 6.81. The van der Waals surface area contributed by atoms with Crippen LogP contribution in [0.1, 0.15) is 25.7 Å². The number of aliphatic carboxylic acids is 1. The molecule has 0 amide bonds. The first kappa shape index (κ1) is 21.9. The van der Waals surface area contributed by atoms with E-state index in [1.807, 2.05) is 0 Å². The Morgan fingerprint density at radius 2 is 1.70 bits per heavy atom. The molecule has 9 heteroatoms. The van der Waals surface area contributed by atoms with Crippen molar-refractivity contribution in [3.05, 3.63) is 47.5 Å². The summed E-state index contributed by atoms with van der Waals surface area (Å²) in [4.78, 5) is 10.5. The fraction of sp³-hybridized carbons (Fsp3) is 0.381.